The molecule has 1 saturated heterocycles. The van der Waals surface area contributed by atoms with Gasteiger partial charge in [-0.25, -0.2) is 4.39 Å². The Morgan fingerprint density at radius 3 is 2.64 bits per heavy atom. The minimum atomic E-state index is -0.284. The lowest BCUT2D eigenvalue weighted by Gasteiger charge is -2.30. The van der Waals surface area contributed by atoms with Gasteiger partial charge in [0.15, 0.2) is 5.82 Å². The first-order chi connectivity index (χ1) is 12.1. The molecule has 134 valence electrons. The van der Waals surface area contributed by atoms with Crippen molar-refractivity contribution in [2.75, 3.05) is 13.1 Å². The number of halogens is 1. The third-order valence-corrected chi connectivity index (χ3v) is 4.98. The maximum atomic E-state index is 12.9. The predicted octanol–water partition coefficient (Wildman–Crippen LogP) is 3.67. The highest BCUT2D eigenvalue weighted by molar-refractivity contribution is 5.78. The number of aromatic nitrogens is 2. The summed E-state index contributed by atoms with van der Waals surface area (Å²) < 4.78 is 18.4. The van der Waals surface area contributed by atoms with Crippen LogP contribution in [0, 0.1) is 5.82 Å². The molecule has 0 aliphatic carbocycles. The zero-order valence-electron chi connectivity index (χ0n) is 14.7. The first-order valence-electron chi connectivity index (χ1n) is 8.92. The molecule has 0 unspecified atom stereocenters. The van der Waals surface area contributed by atoms with Gasteiger partial charge in [-0.1, -0.05) is 31.1 Å². The Balaban J connectivity index is 1.53. The lowest BCUT2D eigenvalue weighted by Crippen LogP contribution is -2.38. The number of hydrogen-bond donors (Lipinski definition) is 0. The summed E-state index contributed by atoms with van der Waals surface area (Å²) in [7, 11) is 0. The Morgan fingerprint density at radius 2 is 2.00 bits per heavy atom. The molecular formula is C19H24FN3O2. The van der Waals surface area contributed by atoms with Crippen molar-refractivity contribution in [3.8, 4) is 0 Å². The number of rotatable bonds is 5. The summed E-state index contributed by atoms with van der Waals surface area (Å²) in [5.41, 5.74) is 0.837. The molecular weight excluding hydrogens is 321 g/mol. The van der Waals surface area contributed by atoms with Crippen LogP contribution in [0.1, 0.15) is 62.2 Å². The fraction of sp³-hybridized carbons (Fsp3) is 0.526. The van der Waals surface area contributed by atoms with E-state index in [9.17, 15) is 9.18 Å². The summed E-state index contributed by atoms with van der Waals surface area (Å²) in [5.74, 6) is 1.78. The molecule has 1 aliphatic heterocycles. The molecule has 3 rings (SSSR count). The van der Waals surface area contributed by atoms with Gasteiger partial charge in [-0.05, 0) is 37.0 Å². The summed E-state index contributed by atoms with van der Waals surface area (Å²) in [6.45, 7) is 5.56. The Labute approximate surface area is 147 Å². The number of piperidine rings is 1. The number of likely N-dealkylation sites (tertiary alicyclic amines) is 1. The summed E-state index contributed by atoms with van der Waals surface area (Å²) in [4.78, 5) is 18.8. The SMILES string of the molecule is CC[C@@H](C)c1noc(C2CCN(C(=O)Cc3ccc(F)cc3)CC2)n1. The molecule has 0 radical (unpaired) electrons. The quantitative estimate of drug-likeness (QED) is 0.829. The maximum absolute atomic E-state index is 12.9. The third kappa shape index (κ3) is 4.24. The van der Waals surface area contributed by atoms with Gasteiger partial charge in [0.1, 0.15) is 5.82 Å². The van der Waals surface area contributed by atoms with Crippen molar-refractivity contribution in [3.05, 3.63) is 47.4 Å². The van der Waals surface area contributed by atoms with Gasteiger partial charge >= 0.3 is 0 Å². The summed E-state index contributed by atoms with van der Waals surface area (Å²) in [6, 6.07) is 6.10. The van der Waals surface area contributed by atoms with E-state index in [-0.39, 0.29) is 17.6 Å². The van der Waals surface area contributed by atoms with Crippen LogP contribution in [0.5, 0.6) is 0 Å². The van der Waals surface area contributed by atoms with Gasteiger partial charge in [0.25, 0.3) is 0 Å². The second-order valence-corrected chi connectivity index (χ2v) is 6.76. The van der Waals surface area contributed by atoms with Crippen molar-refractivity contribution in [1.29, 1.82) is 0 Å². The van der Waals surface area contributed by atoms with E-state index < -0.39 is 0 Å². The molecule has 0 N–H and O–H groups in total. The topological polar surface area (TPSA) is 59.2 Å². The fourth-order valence-corrected chi connectivity index (χ4v) is 3.06. The van der Waals surface area contributed by atoms with Crippen LogP contribution in [0.2, 0.25) is 0 Å². The molecule has 0 bridgehead atoms. The second kappa shape index (κ2) is 7.76. The van der Waals surface area contributed by atoms with E-state index in [0.717, 1.165) is 30.7 Å². The Kier molecular flexibility index (Phi) is 5.46. The minimum absolute atomic E-state index is 0.0795. The molecule has 1 aliphatic rings. The van der Waals surface area contributed by atoms with Crippen molar-refractivity contribution < 1.29 is 13.7 Å². The number of nitrogens with zero attached hydrogens (tertiary/aromatic N) is 3. The molecule has 5 nitrogen and oxygen atoms in total. The van der Waals surface area contributed by atoms with Crippen molar-refractivity contribution in [2.24, 2.45) is 0 Å². The van der Waals surface area contributed by atoms with E-state index in [1.807, 2.05) is 4.90 Å². The van der Waals surface area contributed by atoms with Gasteiger partial charge in [-0.3, -0.25) is 4.79 Å². The number of carbonyl (C=O) groups is 1. The molecule has 2 aromatic rings. The minimum Gasteiger partial charge on any atom is -0.342 e. The van der Waals surface area contributed by atoms with Crippen molar-refractivity contribution in [3.63, 3.8) is 0 Å². The fourth-order valence-electron chi connectivity index (χ4n) is 3.06. The summed E-state index contributed by atoms with van der Waals surface area (Å²) in [5, 5.41) is 4.08. The van der Waals surface area contributed by atoms with Gasteiger partial charge in [0.2, 0.25) is 11.8 Å². The molecule has 1 atom stereocenters. The van der Waals surface area contributed by atoms with Crippen molar-refractivity contribution in [2.45, 2.75) is 51.4 Å². The van der Waals surface area contributed by atoms with E-state index in [0.29, 0.717) is 31.3 Å². The summed E-state index contributed by atoms with van der Waals surface area (Å²) >= 11 is 0. The smallest absolute Gasteiger partial charge is 0.229 e. The highest BCUT2D eigenvalue weighted by Crippen LogP contribution is 2.28. The molecule has 1 aromatic heterocycles. The summed E-state index contributed by atoms with van der Waals surface area (Å²) in [6.07, 6.45) is 2.95. The van der Waals surface area contributed by atoms with Crippen LogP contribution in [0.15, 0.2) is 28.8 Å². The van der Waals surface area contributed by atoms with Gasteiger partial charge in [0, 0.05) is 24.9 Å². The van der Waals surface area contributed by atoms with Crippen LogP contribution < -0.4 is 0 Å². The average Bonchev–Trinajstić information content (AvgIpc) is 3.13. The number of carbonyl (C=O) groups excluding carboxylic acids is 1. The standard InChI is InChI=1S/C19H24FN3O2/c1-3-13(2)18-21-19(25-22-18)15-8-10-23(11-9-15)17(24)12-14-4-6-16(20)7-5-14/h4-7,13,15H,3,8-12H2,1-2H3/t13-/m1/s1. The van der Waals surface area contributed by atoms with Gasteiger partial charge in [0.05, 0.1) is 6.42 Å². The second-order valence-electron chi connectivity index (χ2n) is 6.76. The highest BCUT2D eigenvalue weighted by Gasteiger charge is 2.28. The Morgan fingerprint density at radius 1 is 1.32 bits per heavy atom. The zero-order valence-corrected chi connectivity index (χ0v) is 14.7. The van der Waals surface area contributed by atoms with Crippen LogP contribution in [0.3, 0.4) is 0 Å². The average molecular weight is 345 g/mol. The first-order valence-corrected chi connectivity index (χ1v) is 8.92. The molecule has 0 spiro atoms. The molecule has 6 heteroatoms. The zero-order chi connectivity index (χ0) is 17.8. The van der Waals surface area contributed by atoms with Crippen molar-refractivity contribution >= 4 is 5.91 Å². The molecule has 1 fully saturated rings. The monoisotopic (exact) mass is 345 g/mol. The van der Waals surface area contributed by atoms with Crippen LogP contribution in [-0.4, -0.2) is 34.0 Å². The number of amides is 1. The normalized spacial score (nSPS) is 16.8. The van der Waals surface area contributed by atoms with Crippen molar-refractivity contribution in [1.82, 2.24) is 15.0 Å². The Hall–Kier alpha value is -2.24. The van der Waals surface area contributed by atoms with Crippen LogP contribution in [0.25, 0.3) is 0 Å². The lowest BCUT2D eigenvalue weighted by molar-refractivity contribution is -0.131. The van der Waals surface area contributed by atoms with Gasteiger partial charge < -0.3 is 9.42 Å². The van der Waals surface area contributed by atoms with E-state index >= 15 is 0 Å². The van der Waals surface area contributed by atoms with E-state index in [1.54, 1.807) is 12.1 Å². The molecule has 2 heterocycles. The van der Waals surface area contributed by atoms with E-state index in [2.05, 4.69) is 24.0 Å². The highest BCUT2D eigenvalue weighted by atomic mass is 19.1. The van der Waals surface area contributed by atoms with Gasteiger partial charge in [-0.2, -0.15) is 4.98 Å². The molecule has 1 aromatic carbocycles. The molecule has 25 heavy (non-hydrogen) atoms. The van der Waals surface area contributed by atoms with Gasteiger partial charge in [-0.15, -0.1) is 0 Å². The van der Waals surface area contributed by atoms with Crippen LogP contribution in [-0.2, 0) is 11.2 Å². The largest absolute Gasteiger partial charge is 0.342 e. The molecule has 1 amide bonds. The maximum Gasteiger partial charge on any atom is 0.229 e. The number of benzene rings is 1. The van der Waals surface area contributed by atoms with E-state index in [1.165, 1.54) is 12.1 Å². The van der Waals surface area contributed by atoms with Crippen LogP contribution in [0.4, 0.5) is 4.39 Å². The third-order valence-electron chi connectivity index (χ3n) is 4.98. The Bertz CT molecular complexity index is 706. The lowest BCUT2D eigenvalue weighted by atomic mass is 9.96. The molecule has 0 saturated carbocycles. The first kappa shape index (κ1) is 17.6. The number of hydrogen-bond acceptors (Lipinski definition) is 4. The predicted molar refractivity (Wildman–Crippen MR) is 91.7 cm³/mol. The van der Waals surface area contributed by atoms with Crippen LogP contribution >= 0.6 is 0 Å². The van der Waals surface area contributed by atoms with E-state index in [4.69, 9.17) is 4.52 Å².